The second-order valence-electron chi connectivity index (χ2n) is 8.61. The van der Waals surface area contributed by atoms with Crippen LogP contribution in [-0.2, 0) is 11.2 Å². The average Bonchev–Trinajstić information content (AvgIpc) is 3.18. The number of amides is 1. The van der Waals surface area contributed by atoms with Crippen LogP contribution in [0.25, 0.3) is 5.69 Å². The molecule has 0 N–H and O–H groups in total. The molecule has 0 spiro atoms. The molecular formula is C25H26ClN5O2. The number of aromatic nitrogens is 2. The highest BCUT2D eigenvalue weighted by Gasteiger charge is 2.32. The van der Waals surface area contributed by atoms with Gasteiger partial charge in [0.2, 0.25) is 5.91 Å². The van der Waals surface area contributed by atoms with E-state index >= 15 is 0 Å². The van der Waals surface area contributed by atoms with E-state index in [-0.39, 0.29) is 22.5 Å². The lowest BCUT2D eigenvalue weighted by atomic mass is 10.1. The highest BCUT2D eigenvalue weighted by Crippen LogP contribution is 2.32. The Balaban J connectivity index is 1.24. The molecular weight excluding hydrogens is 438 g/mol. The number of anilines is 2. The van der Waals surface area contributed by atoms with Gasteiger partial charge >= 0.3 is 0 Å². The van der Waals surface area contributed by atoms with Gasteiger partial charge < -0.3 is 9.80 Å². The predicted octanol–water partition coefficient (Wildman–Crippen LogP) is 2.99. The first-order valence-corrected chi connectivity index (χ1v) is 11.6. The maximum Gasteiger partial charge on any atom is 0.292 e. The van der Waals surface area contributed by atoms with Gasteiger partial charge in [-0.2, -0.15) is 9.78 Å². The van der Waals surface area contributed by atoms with E-state index in [0.29, 0.717) is 44.1 Å². The molecule has 0 saturated carbocycles. The fourth-order valence-corrected chi connectivity index (χ4v) is 5.01. The third-order valence-electron chi connectivity index (χ3n) is 6.45. The molecule has 170 valence electrons. The van der Waals surface area contributed by atoms with Gasteiger partial charge in [-0.3, -0.25) is 14.5 Å². The van der Waals surface area contributed by atoms with Crippen molar-refractivity contribution >= 4 is 28.9 Å². The molecule has 1 atom stereocenters. The Morgan fingerprint density at radius 3 is 2.45 bits per heavy atom. The van der Waals surface area contributed by atoms with Gasteiger partial charge in [0.15, 0.2) is 0 Å². The molecule has 1 saturated heterocycles. The Bertz CT molecular complexity index is 1220. The summed E-state index contributed by atoms with van der Waals surface area (Å²) >= 11 is 6.46. The van der Waals surface area contributed by atoms with Crippen molar-refractivity contribution in [2.45, 2.75) is 19.4 Å². The number of piperazine rings is 1. The van der Waals surface area contributed by atoms with E-state index in [2.05, 4.69) is 27.9 Å². The highest BCUT2D eigenvalue weighted by molar-refractivity contribution is 6.33. The Kier molecular flexibility index (Phi) is 5.91. The number of fused-ring (bicyclic) bond motifs is 1. The summed E-state index contributed by atoms with van der Waals surface area (Å²) in [6, 6.07) is 17.5. The lowest BCUT2D eigenvalue weighted by molar-refractivity contribution is -0.120. The Morgan fingerprint density at radius 2 is 1.70 bits per heavy atom. The van der Waals surface area contributed by atoms with Gasteiger partial charge in [-0.25, -0.2) is 0 Å². The third kappa shape index (κ3) is 4.14. The molecule has 33 heavy (non-hydrogen) atoms. The SMILES string of the molecule is C[C@H]1Cc2ccccc2N1C(=O)CN1CCN(c2cnn(-c3ccccc3)c(=O)c2Cl)CC1. The number of carbonyl (C=O) groups excluding carboxylic acids is 1. The van der Waals surface area contributed by atoms with Crippen LogP contribution in [0.4, 0.5) is 11.4 Å². The lowest BCUT2D eigenvalue weighted by Gasteiger charge is -2.36. The maximum atomic E-state index is 13.1. The van der Waals surface area contributed by atoms with Crippen LogP contribution in [0.3, 0.4) is 0 Å². The van der Waals surface area contributed by atoms with Gasteiger partial charge in [0.1, 0.15) is 5.02 Å². The van der Waals surface area contributed by atoms with E-state index in [1.165, 1.54) is 10.2 Å². The molecule has 2 aromatic carbocycles. The summed E-state index contributed by atoms with van der Waals surface area (Å²) in [6.45, 7) is 5.27. The van der Waals surface area contributed by atoms with E-state index in [1.807, 2.05) is 53.4 Å². The zero-order chi connectivity index (χ0) is 22.9. The molecule has 0 aliphatic carbocycles. The minimum atomic E-state index is -0.334. The summed E-state index contributed by atoms with van der Waals surface area (Å²) in [4.78, 5) is 32.1. The number of hydrogen-bond donors (Lipinski definition) is 0. The number of benzene rings is 2. The normalized spacial score (nSPS) is 18.4. The van der Waals surface area contributed by atoms with Crippen molar-refractivity contribution in [2.75, 3.05) is 42.5 Å². The molecule has 8 heteroatoms. The second-order valence-corrected chi connectivity index (χ2v) is 8.98. The zero-order valence-corrected chi connectivity index (χ0v) is 19.3. The molecule has 2 aliphatic rings. The summed E-state index contributed by atoms with van der Waals surface area (Å²) in [5.41, 5.74) is 3.25. The first kappa shape index (κ1) is 21.7. The van der Waals surface area contributed by atoms with Gasteiger partial charge in [0.05, 0.1) is 24.1 Å². The van der Waals surface area contributed by atoms with Crippen LogP contribution >= 0.6 is 11.6 Å². The van der Waals surface area contributed by atoms with Crippen LogP contribution in [0.2, 0.25) is 5.02 Å². The number of carbonyl (C=O) groups is 1. The average molecular weight is 464 g/mol. The first-order chi connectivity index (χ1) is 16.0. The van der Waals surface area contributed by atoms with Gasteiger partial charge in [0.25, 0.3) is 5.56 Å². The number of para-hydroxylation sites is 2. The third-order valence-corrected chi connectivity index (χ3v) is 6.80. The van der Waals surface area contributed by atoms with Crippen LogP contribution in [0.15, 0.2) is 65.6 Å². The Hall–Kier alpha value is -3.16. The summed E-state index contributed by atoms with van der Waals surface area (Å²) in [6.07, 6.45) is 2.55. The van der Waals surface area contributed by atoms with Crippen LogP contribution in [0.1, 0.15) is 12.5 Å². The molecule has 7 nitrogen and oxygen atoms in total. The van der Waals surface area contributed by atoms with Gasteiger partial charge in [0, 0.05) is 37.9 Å². The molecule has 1 fully saturated rings. The first-order valence-electron chi connectivity index (χ1n) is 11.2. The molecule has 0 bridgehead atoms. The standard InChI is InChI=1S/C25H26ClN5O2/c1-18-15-19-7-5-6-10-21(19)30(18)23(32)17-28-11-13-29(14-12-28)22-16-27-31(25(33)24(22)26)20-8-3-2-4-9-20/h2-10,16,18H,11-15,17H2,1H3/t18-/m0/s1. The largest absolute Gasteiger partial charge is 0.366 e. The summed E-state index contributed by atoms with van der Waals surface area (Å²) < 4.78 is 1.32. The van der Waals surface area contributed by atoms with Gasteiger partial charge in [-0.05, 0) is 37.1 Å². The highest BCUT2D eigenvalue weighted by atomic mass is 35.5. The van der Waals surface area contributed by atoms with Crippen LogP contribution in [0, 0.1) is 0 Å². The minimum Gasteiger partial charge on any atom is -0.366 e. The van der Waals surface area contributed by atoms with Gasteiger partial charge in [-0.15, -0.1) is 0 Å². The van der Waals surface area contributed by atoms with E-state index in [0.717, 1.165) is 12.1 Å². The van der Waals surface area contributed by atoms with Crippen LogP contribution < -0.4 is 15.4 Å². The van der Waals surface area contributed by atoms with Crippen LogP contribution in [0.5, 0.6) is 0 Å². The van der Waals surface area contributed by atoms with Gasteiger partial charge in [-0.1, -0.05) is 48.0 Å². The van der Waals surface area contributed by atoms with Crippen molar-refractivity contribution in [1.82, 2.24) is 14.7 Å². The van der Waals surface area contributed by atoms with Crippen LogP contribution in [-0.4, -0.2) is 59.4 Å². The van der Waals surface area contributed by atoms with Crippen molar-refractivity contribution in [3.63, 3.8) is 0 Å². The monoisotopic (exact) mass is 463 g/mol. The van der Waals surface area contributed by atoms with Crippen molar-refractivity contribution < 1.29 is 4.79 Å². The number of halogens is 1. The van der Waals surface area contributed by atoms with E-state index in [4.69, 9.17) is 11.6 Å². The molecule has 5 rings (SSSR count). The fraction of sp³-hybridized carbons (Fsp3) is 0.320. The molecule has 2 aliphatic heterocycles. The second kappa shape index (κ2) is 9.00. The number of nitrogens with zero attached hydrogens (tertiary/aromatic N) is 5. The minimum absolute atomic E-state index is 0.131. The molecule has 0 unspecified atom stereocenters. The Morgan fingerprint density at radius 1 is 1.00 bits per heavy atom. The topological polar surface area (TPSA) is 61.7 Å². The smallest absolute Gasteiger partial charge is 0.292 e. The quantitative estimate of drug-likeness (QED) is 0.595. The van der Waals surface area contributed by atoms with E-state index < -0.39 is 0 Å². The summed E-state index contributed by atoms with van der Waals surface area (Å²) in [7, 11) is 0. The van der Waals surface area contributed by atoms with Crippen molar-refractivity contribution in [2.24, 2.45) is 0 Å². The fourth-order valence-electron chi connectivity index (χ4n) is 4.76. The van der Waals surface area contributed by atoms with E-state index in [9.17, 15) is 9.59 Å². The van der Waals surface area contributed by atoms with E-state index in [1.54, 1.807) is 6.20 Å². The number of rotatable bonds is 4. The summed E-state index contributed by atoms with van der Waals surface area (Å²) in [5, 5.41) is 4.51. The predicted molar refractivity (Wildman–Crippen MR) is 131 cm³/mol. The van der Waals surface area contributed by atoms with Crippen molar-refractivity contribution in [1.29, 1.82) is 0 Å². The molecule has 3 heterocycles. The molecule has 0 radical (unpaired) electrons. The molecule has 1 amide bonds. The summed E-state index contributed by atoms with van der Waals surface area (Å²) in [5.74, 6) is 0.131. The lowest BCUT2D eigenvalue weighted by Crippen LogP contribution is -2.51. The van der Waals surface area contributed by atoms with Crippen molar-refractivity contribution in [3.05, 3.63) is 81.7 Å². The number of hydrogen-bond acceptors (Lipinski definition) is 5. The zero-order valence-electron chi connectivity index (χ0n) is 18.5. The van der Waals surface area contributed by atoms with Crippen molar-refractivity contribution in [3.8, 4) is 5.69 Å². The molecule has 3 aromatic rings. The Labute approximate surface area is 197 Å². The maximum absolute atomic E-state index is 13.1. The molecule has 1 aromatic heterocycles.